The molecule has 0 radical (unpaired) electrons. The molecule has 0 spiro atoms. The summed E-state index contributed by atoms with van der Waals surface area (Å²) in [5.74, 6) is 0.0105. The Kier molecular flexibility index (Phi) is 5.01. The van der Waals surface area contributed by atoms with Crippen LogP contribution < -0.4 is 5.32 Å². The number of anilines is 1. The maximum atomic E-state index is 12.7. The normalized spacial score (nSPS) is 20.4. The van der Waals surface area contributed by atoms with Gasteiger partial charge in [0, 0.05) is 24.1 Å². The molecule has 2 aromatic carbocycles. The van der Waals surface area contributed by atoms with E-state index in [9.17, 15) is 18.0 Å². The van der Waals surface area contributed by atoms with Gasteiger partial charge in [-0.2, -0.15) is 5.10 Å². The quantitative estimate of drug-likeness (QED) is 0.630. The summed E-state index contributed by atoms with van der Waals surface area (Å²) in [4.78, 5) is 32.8. The van der Waals surface area contributed by atoms with Gasteiger partial charge >= 0.3 is 0 Å². The van der Waals surface area contributed by atoms with Gasteiger partial charge in [0.1, 0.15) is 11.5 Å². The number of amides is 2. The molecule has 2 aliphatic rings. The van der Waals surface area contributed by atoms with Gasteiger partial charge in [-0.1, -0.05) is 12.1 Å². The van der Waals surface area contributed by atoms with E-state index in [1.807, 2.05) is 36.4 Å². The Morgan fingerprint density at radius 1 is 1.09 bits per heavy atom. The first kappa shape index (κ1) is 20.4. The number of H-pyrrole nitrogens is 1. The number of carbonyl (C=O) groups is 2. The van der Waals surface area contributed by atoms with E-state index in [1.165, 1.54) is 5.01 Å². The Labute approximate surface area is 184 Å². The van der Waals surface area contributed by atoms with E-state index in [1.54, 1.807) is 12.1 Å². The van der Waals surface area contributed by atoms with Crippen molar-refractivity contribution in [2.24, 2.45) is 5.10 Å². The van der Waals surface area contributed by atoms with Crippen LogP contribution in [0, 0.1) is 0 Å². The number of para-hydroxylation sites is 2. The Balaban J connectivity index is 1.30. The number of benzene rings is 2. The summed E-state index contributed by atoms with van der Waals surface area (Å²) in [6.07, 6.45) is 0.696. The number of sulfone groups is 1. The Hall–Kier alpha value is -3.53. The minimum Gasteiger partial charge on any atom is -0.338 e. The number of imidazole rings is 1. The van der Waals surface area contributed by atoms with Crippen LogP contribution >= 0.6 is 0 Å². The molecule has 5 rings (SSSR count). The summed E-state index contributed by atoms with van der Waals surface area (Å²) >= 11 is 0. The van der Waals surface area contributed by atoms with Crippen molar-refractivity contribution in [3.8, 4) is 11.4 Å². The van der Waals surface area contributed by atoms with E-state index in [4.69, 9.17) is 0 Å². The molecule has 1 fully saturated rings. The summed E-state index contributed by atoms with van der Waals surface area (Å²) in [5, 5.41) is 8.20. The third-order valence-electron chi connectivity index (χ3n) is 5.68. The van der Waals surface area contributed by atoms with Gasteiger partial charge in [0.15, 0.2) is 9.84 Å². The third-order valence-corrected chi connectivity index (χ3v) is 7.43. The molecule has 0 aliphatic carbocycles. The highest BCUT2D eigenvalue weighted by atomic mass is 32.2. The zero-order chi connectivity index (χ0) is 22.3. The number of nitrogens with one attached hydrogen (secondary N) is 2. The molecule has 3 heterocycles. The molecule has 1 atom stereocenters. The smallest absolute Gasteiger partial charge is 0.271 e. The average molecular weight is 452 g/mol. The SMILES string of the molecule is O=C(Nc1ccc(-c2nc3ccccc3[nH]2)cc1)C1=NN([C@H]2CCS(=O)(=O)C2)C(=O)CC1. The van der Waals surface area contributed by atoms with E-state index in [0.717, 1.165) is 22.4 Å². The van der Waals surface area contributed by atoms with Crippen LogP contribution in [-0.2, 0) is 19.4 Å². The van der Waals surface area contributed by atoms with Gasteiger partial charge in [-0.3, -0.25) is 9.59 Å². The number of nitrogens with zero attached hydrogens (tertiary/aromatic N) is 3. The highest BCUT2D eigenvalue weighted by Gasteiger charge is 2.37. The van der Waals surface area contributed by atoms with Crippen LogP contribution in [0.15, 0.2) is 53.6 Å². The van der Waals surface area contributed by atoms with Crippen LogP contribution in [-0.4, -0.2) is 58.5 Å². The lowest BCUT2D eigenvalue weighted by Crippen LogP contribution is -2.42. The van der Waals surface area contributed by atoms with Crippen LogP contribution in [0.1, 0.15) is 19.3 Å². The molecule has 10 heteroatoms. The van der Waals surface area contributed by atoms with E-state index in [-0.39, 0.29) is 36.0 Å². The number of aromatic amines is 1. The lowest BCUT2D eigenvalue weighted by Gasteiger charge is -2.27. The van der Waals surface area contributed by atoms with E-state index < -0.39 is 21.8 Å². The molecule has 1 saturated heterocycles. The molecule has 164 valence electrons. The number of aromatic nitrogens is 2. The van der Waals surface area contributed by atoms with Gasteiger partial charge in [0.25, 0.3) is 5.91 Å². The van der Waals surface area contributed by atoms with Crippen molar-refractivity contribution < 1.29 is 18.0 Å². The van der Waals surface area contributed by atoms with Crippen LogP contribution in [0.4, 0.5) is 5.69 Å². The molecule has 2 amide bonds. The molecule has 2 aliphatic heterocycles. The summed E-state index contributed by atoms with van der Waals surface area (Å²) in [7, 11) is -3.16. The molecule has 0 bridgehead atoms. The van der Waals surface area contributed by atoms with Crippen molar-refractivity contribution in [3.05, 3.63) is 48.5 Å². The van der Waals surface area contributed by atoms with Crippen molar-refractivity contribution in [2.75, 3.05) is 16.8 Å². The fraction of sp³-hybridized carbons (Fsp3) is 0.273. The molecule has 32 heavy (non-hydrogen) atoms. The van der Waals surface area contributed by atoms with Gasteiger partial charge in [-0.25, -0.2) is 18.4 Å². The first-order chi connectivity index (χ1) is 15.4. The topological polar surface area (TPSA) is 125 Å². The van der Waals surface area contributed by atoms with Crippen molar-refractivity contribution in [2.45, 2.75) is 25.3 Å². The first-order valence-corrected chi connectivity index (χ1v) is 12.2. The van der Waals surface area contributed by atoms with Crippen LogP contribution in [0.5, 0.6) is 0 Å². The van der Waals surface area contributed by atoms with Crippen molar-refractivity contribution in [1.82, 2.24) is 15.0 Å². The summed E-state index contributed by atoms with van der Waals surface area (Å²) in [5.41, 5.74) is 3.52. The van der Waals surface area contributed by atoms with Crippen LogP contribution in [0.25, 0.3) is 22.4 Å². The maximum absolute atomic E-state index is 12.7. The van der Waals surface area contributed by atoms with Gasteiger partial charge in [0.05, 0.1) is 28.6 Å². The molecule has 1 aromatic heterocycles. The largest absolute Gasteiger partial charge is 0.338 e. The molecule has 2 N–H and O–H groups in total. The predicted octanol–water partition coefficient (Wildman–Crippen LogP) is 2.33. The molecule has 9 nitrogen and oxygen atoms in total. The number of hydrazone groups is 1. The zero-order valence-corrected chi connectivity index (χ0v) is 17.9. The second-order valence-corrected chi connectivity index (χ2v) is 10.2. The fourth-order valence-corrected chi connectivity index (χ4v) is 5.68. The third kappa shape index (κ3) is 4.01. The first-order valence-electron chi connectivity index (χ1n) is 10.3. The second-order valence-electron chi connectivity index (χ2n) is 7.98. The lowest BCUT2D eigenvalue weighted by molar-refractivity contribution is -0.133. The zero-order valence-electron chi connectivity index (χ0n) is 17.1. The van der Waals surface area contributed by atoms with Crippen LogP contribution in [0.2, 0.25) is 0 Å². The molecule has 0 unspecified atom stereocenters. The number of hydrogen-bond acceptors (Lipinski definition) is 6. The number of fused-ring (bicyclic) bond motifs is 1. The average Bonchev–Trinajstić information content (AvgIpc) is 3.37. The summed E-state index contributed by atoms with van der Waals surface area (Å²) in [6, 6.07) is 14.5. The Morgan fingerprint density at radius 3 is 2.59 bits per heavy atom. The lowest BCUT2D eigenvalue weighted by atomic mass is 10.1. The minimum absolute atomic E-state index is 0.0378. The summed E-state index contributed by atoms with van der Waals surface area (Å²) < 4.78 is 23.5. The van der Waals surface area contributed by atoms with Gasteiger partial charge in [-0.15, -0.1) is 0 Å². The van der Waals surface area contributed by atoms with Crippen molar-refractivity contribution in [1.29, 1.82) is 0 Å². The van der Waals surface area contributed by atoms with Gasteiger partial charge in [0.2, 0.25) is 5.91 Å². The maximum Gasteiger partial charge on any atom is 0.271 e. The number of rotatable bonds is 4. The highest BCUT2D eigenvalue weighted by molar-refractivity contribution is 7.91. The van der Waals surface area contributed by atoms with E-state index in [2.05, 4.69) is 20.4 Å². The summed E-state index contributed by atoms with van der Waals surface area (Å²) in [6.45, 7) is 0. The van der Waals surface area contributed by atoms with Crippen molar-refractivity contribution >= 4 is 44.1 Å². The molecule has 0 saturated carbocycles. The van der Waals surface area contributed by atoms with Crippen LogP contribution in [0.3, 0.4) is 0 Å². The fourth-order valence-electron chi connectivity index (χ4n) is 3.99. The number of carbonyl (C=O) groups excluding carboxylic acids is 2. The molecular weight excluding hydrogens is 430 g/mol. The minimum atomic E-state index is -3.16. The van der Waals surface area contributed by atoms with E-state index in [0.29, 0.717) is 12.1 Å². The Morgan fingerprint density at radius 2 is 1.88 bits per heavy atom. The van der Waals surface area contributed by atoms with Gasteiger partial charge in [-0.05, 0) is 42.8 Å². The second kappa shape index (κ2) is 7.86. The van der Waals surface area contributed by atoms with Crippen molar-refractivity contribution in [3.63, 3.8) is 0 Å². The predicted molar refractivity (Wildman–Crippen MR) is 121 cm³/mol. The monoisotopic (exact) mass is 451 g/mol. The highest BCUT2D eigenvalue weighted by Crippen LogP contribution is 2.24. The van der Waals surface area contributed by atoms with Gasteiger partial charge < -0.3 is 10.3 Å². The Bertz CT molecular complexity index is 1310. The molecular formula is C22H21N5O4S. The molecule has 3 aromatic rings. The standard InChI is InChI=1S/C22H21N5O4S/c28-20-10-9-19(26-27(20)16-11-12-32(30,31)13-16)22(29)23-15-7-5-14(6-8-15)21-24-17-3-1-2-4-18(17)25-21/h1-8,16H,9-13H2,(H,23,29)(H,24,25)/t16-/m0/s1. The van der Waals surface area contributed by atoms with E-state index >= 15 is 0 Å². The number of hydrogen-bond donors (Lipinski definition) is 2.